The highest BCUT2D eigenvalue weighted by molar-refractivity contribution is 7.22. The number of carbonyl (C=O) groups is 2. The molecule has 1 fully saturated rings. The number of halogens is 1. The van der Waals surface area contributed by atoms with E-state index in [4.69, 9.17) is 14.2 Å². The number of hydrogen-bond donors (Lipinski definition) is 1. The van der Waals surface area contributed by atoms with E-state index in [1.54, 1.807) is 42.5 Å². The van der Waals surface area contributed by atoms with Crippen molar-refractivity contribution in [3.05, 3.63) is 83.2 Å². The van der Waals surface area contributed by atoms with Crippen LogP contribution in [0.25, 0.3) is 16.0 Å². The summed E-state index contributed by atoms with van der Waals surface area (Å²) in [5.41, 5.74) is 1.04. The van der Waals surface area contributed by atoms with Gasteiger partial charge in [0.15, 0.2) is 5.13 Å². The van der Waals surface area contributed by atoms with Crippen LogP contribution in [0.15, 0.2) is 66.2 Å². The smallest absolute Gasteiger partial charge is 0.301 e. The molecule has 1 aliphatic heterocycles. The molecule has 1 saturated heterocycles. The van der Waals surface area contributed by atoms with Gasteiger partial charge >= 0.3 is 5.91 Å². The second kappa shape index (κ2) is 9.55. The zero-order valence-corrected chi connectivity index (χ0v) is 20.8. The number of aromatic nitrogens is 1. The van der Waals surface area contributed by atoms with E-state index in [1.807, 2.05) is 0 Å². The number of fused-ring (bicyclic) bond motifs is 1. The SMILES string of the molecule is COc1ccc(/C(O)=C2\C(=O)C(=O)N(c3nc4ccc(F)cc4s3)C2c2cc(OC)ccc2OC)cc1. The monoisotopic (exact) mass is 520 g/mol. The summed E-state index contributed by atoms with van der Waals surface area (Å²) >= 11 is 1.06. The Morgan fingerprint density at radius 1 is 0.946 bits per heavy atom. The van der Waals surface area contributed by atoms with Crippen LogP contribution in [0.4, 0.5) is 9.52 Å². The van der Waals surface area contributed by atoms with Gasteiger partial charge < -0.3 is 19.3 Å². The summed E-state index contributed by atoms with van der Waals surface area (Å²) in [6.45, 7) is 0. The summed E-state index contributed by atoms with van der Waals surface area (Å²) in [6, 6.07) is 14.4. The van der Waals surface area contributed by atoms with E-state index in [9.17, 15) is 19.1 Å². The molecule has 0 aliphatic carbocycles. The van der Waals surface area contributed by atoms with Crippen molar-refractivity contribution < 1.29 is 33.3 Å². The van der Waals surface area contributed by atoms with Crippen molar-refractivity contribution in [3.8, 4) is 17.2 Å². The topological polar surface area (TPSA) is 98.2 Å². The van der Waals surface area contributed by atoms with Crippen LogP contribution < -0.4 is 19.1 Å². The molecule has 3 aromatic carbocycles. The molecular weight excluding hydrogens is 499 g/mol. The average molecular weight is 521 g/mol. The van der Waals surface area contributed by atoms with Crippen molar-refractivity contribution >= 4 is 44.1 Å². The van der Waals surface area contributed by atoms with E-state index in [0.29, 0.717) is 38.6 Å². The Morgan fingerprint density at radius 3 is 2.32 bits per heavy atom. The number of nitrogens with zero attached hydrogens (tertiary/aromatic N) is 2. The fourth-order valence-corrected chi connectivity index (χ4v) is 5.29. The Kier molecular flexibility index (Phi) is 6.26. The molecule has 1 N–H and O–H groups in total. The fraction of sp³-hybridized carbons (Fsp3) is 0.148. The van der Waals surface area contributed by atoms with Crippen molar-refractivity contribution in [2.24, 2.45) is 0 Å². The molecule has 1 amide bonds. The van der Waals surface area contributed by atoms with Gasteiger partial charge in [0.1, 0.15) is 34.9 Å². The van der Waals surface area contributed by atoms with Crippen LogP contribution in [0.2, 0.25) is 0 Å². The van der Waals surface area contributed by atoms with Gasteiger partial charge in [-0.25, -0.2) is 9.37 Å². The average Bonchev–Trinajstić information content (AvgIpc) is 3.45. The first-order chi connectivity index (χ1) is 17.9. The zero-order chi connectivity index (χ0) is 26.3. The third-order valence-corrected chi connectivity index (χ3v) is 7.10. The minimum absolute atomic E-state index is 0.146. The summed E-state index contributed by atoms with van der Waals surface area (Å²) in [5, 5.41) is 11.5. The van der Waals surface area contributed by atoms with Crippen molar-refractivity contribution in [3.63, 3.8) is 0 Å². The lowest BCUT2D eigenvalue weighted by Crippen LogP contribution is -2.29. The Hall–Kier alpha value is -4.44. The molecule has 1 aliphatic rings. The number of benzene rings is 3. The number of thiazole rings is 1. The van der Waals surface area contributed by atoms with Crippen LogP contribution in [0.3, 0.4) is 0 Å². The number of ketones is 1. The van der Waals surface area contributed by atoms with Crippen molar-refractivity contribution in [2.75, 3.05) is 26.2 Å². The largest absolute Gasteiger partial charge is 0.507 e. The summed E-state index contributed by atoms with van der Waals surface area (Å²) in [5.74, 6) is -1.22. The molecular formula is C27H21FN2O6S. The quantitative estimate of drug-likeness (QED) is 0.215. The van der Waals surface area contributed by atoms with Crippen molar-refractivity contribution in [2.45, 2.75) is 6.04 Å². The maximum absolute atomic E-state index is 13.9. The highest BCUT2D eigenvalue weighted by Gasteiger charge is 2.49. The van der Waals surface area contributed by atoms with E-state index in [1.165, 1.54) is 44.4 Å². The van der Waals surface area contributed by atoms with Crippen LogP contribution in [-0.2, 0) is 9.59 Å². The van der Waals surface area contributed by atoms with E-state index < -0.39 is 23.5 Å². The Morgan fingerprint density at radius 2 is 1.65 bits per heavy atom. The normalized spacial score (nSPS) is 16.9. The third-order valence-electron chi connectivity index (χ3n) is 6.08. The number of aliphatic hydroxyl groups is 1. The van der Waals surface area contributed by atoms with Gasteiger partial charge in [0.2, 0.25) is 0 Å². The lowest BCUT2D eigenvalue weighted by atomic mass is 9.94. The first-order valence-electron chi connectivity index (χ1n) is 11.1. The molecule has 0 bridgehead atoms. The predicted octanol–water partition coefficient (Wildman–Crippen LogP) is 5.09. The number of Topliss-reactive ketones (excluding diaryl/α,β-unsaturated/α-hetero) is 1. The van der Waals surface area contributed by atoms with Gasteiger partial charge in [-0.15, -0.1) is 0 Å². The Bertz CT molecular complexity index is 1560. The van der Waals surface area contributed by atoms with Crippen LogP contribution in [0, 0.1) is 5.82 Å². The number of hydrogen-bond acceptors (Lipinski definition) is 8. The molecule has 188 valence electrons. The van der Waals surface area contributed by atoms with Gasteiger partial charge in [-0.3, -0.25) is 14.5 Å². The van der Waals surface area contributed by atoms with E-state index in [2.05, 4.69) is 4.98 Å². The van der Waals surface area contributed by atoms with Gasteiger partial charge in [-0.1, -0.05) is 11.3 Å². The standard InChI is InChI=1S/C27H21FN2O6S/c1-34-16-7-4-14(5-8-16)24(31)22-23(18-13-17(35-2)9-11-20(18)36-3)30(26(33)25(22)32)27-29-19-10-6-15(28)12-21(19)37-27/h4-13,23,31H,1-3H3/b24-22+. The summed E-state index contributed by atoms with van der Waals surface area (Å²) in [6.07, 6.45) is 0. The molecule has 10 heteroatoms. The molecule has 0 spiro atoms. The third kappa shape index (κ3) is 4.15. The van der Waals surface area contributed by atoms with Crippen LogP contribution in [-0.4, -0.2) is 43.1 Å². The zero-order valence-electron chi connectivity index (χ0n) is 20.0. The molecule has 1 atom stereocenters. The lowest BCUT2D eigenvalue weighted by Gasteiger charge is -2.25. The molecule has 4 aromatic rings. The van der Waals surface area contributed by atoms with Crippen molar-refractivity contribution in [1.29, 1.82) is 0 Å². The molecule has 1 aromatic heterocycles. The first-order valence-corrected chi connectivity index (χ1v) is 11.9. The minimum atomic E-state index is -1.10. The summed E-state index contributed by atoms with van der Waals surface area (Å²) in [4.78, 5) is 32.6. The number of carbonyl (C=O) groups excluding carboxylic acids is 2. The Labute approximate surface area is 215 Å². The number of methoxy groups -OCH3 is 3. The number of ether oxygens (including phenoxy) is 3. The number of rotatable bonds is 6. The van der Waals surface area contributed by atoms with Gasteiger partial charge in [-0.2, -0.15) is 0 Å². The van der Waals surface area contributed by atoms with Crippen molar-refractivity contribution in [1.82, 2.24) is 4.98 Å². The molecule has 5 rings (SSSR count). The molecule has 0 radical (unpaired) electrons. The lowest BCUT2D eigenvalue weighted by molar-refractivity contribution is -0.132. The Balaban J connectivity index is 1.77. The van der Waals surface area contributed by atoms with Gasteiger partial charge in [0, 0.05) is 11.1 Å². The van der Waals surface area contributed by atoms with Gasteiger partial charge in [0.05, 0.1) is 37.1 Å². The molecule has 37 heavy (non-hydrogen) atoms. The second-order valence-corrected chi connectivity index (χ2v) is 9.12. The van der Waals surface area contributed by atoms with Gasteiger partial charge in [0.25, 0.3) is 5.78 Å². The van der Waals surface area contributed by atoms with E-state index in [0.717, 1.165) is 11.3 Å². The number of anilines is 1. The fourth-order valence-electron chi connectivity index (χ4n) is 4.27. The maximum Gasteiger partial charge on any atom is 0.301 e. The van der Waals surface area contributed by atoms with Crippen LogP contribution in [0.1, 0.15) is 17.2 Å². The maximum atomic E-state index is 13.9. The van der Waals surface area contributed by atoms with E-state index in [-0.39, 0.29) is 16.5 Å². The second-order valence-electron chi connectivity index (χ2n) is 8.11. The highest BCUT2D eigenvalue weighted by atomic mass is 32.1. The molecule has 8 nitrogen and oxygen atoms in total. The van der Waals surface area contributed by atoms with Crippen LogP contribution >= 0.6 is 11.3 Å². The van der Waals surface area contributed by atoms with E-state index >= 15 is 0 Å². The van der Waals surface area contributed by atoms with Gasteiger partial charge in [-0.05, 0) is 60.7 Å². The minimum Gasteiger partial charge on any atom is -0.507 e. The first kappa shape index (κ1) is 24.3. The summed E-state index contributed by atoms with van der Waals surface area (Å²) in [7, 11) is 4.46. The highest BCUT2D eigenvalue weighted by Crippen LogP contribution is 2.47. The molecule has 0 saturated carbocycles. The predicted molar refractivity (Wildman–Crippen MR) is 137 cm³/mol. The molecule has 1 unspecified atom stereocenters. The van der Waals surface area contributed by atoms with Crippen LogP contribution in [0.5, 0.6) is 17.2 Å². The summed E-state index contributed by atoms with van der Waals surface area (Å²) < 4.78 is 30.5. The number of aliphatic hydroxyl groups excluding tert-OH is 1. The molecule has 2 heterocycles. The number of amides is 1.